The second kappa shape index (κ2) is 22.8. The zero-order valence-corrected chi connectivity index (χ0v) is 22.5. The fraction of sp³-hybridized carbons (Fsp3) is 0.893. The van der Waals surface area contributed by atoms with E-state index < -0.39 is 17.9 Å². The van der Waals surface area contributed by atoms with Crippen molar-refractivity contribution in [3.8, 4) is 0 Å². The summed E-state index contributed by atoms with van der Waals surface area (Å²) in [5.41, 5.74) is 0. The minimum atomic E-state index is -0.767. The van der Waals surface area contributed by atoms with E-state index in [1.165, 1.54) is 64.2 Å². The highest BCUT2D eigenvalue weighted by molar-refractivity contribution is 5.67. The monoisotopic (exact) mass is 500 g/mol. The molecule has 0 saturated carbocycles. The van der Waals surface area contributed by atoms with Gasteiger partial charge in [-0.05, 0) is 51.4 Å². The number of carbonyl (C=O) groups is 3. The molecule has 0 aliphatic rings. The molecule has 0 atom stereocenters. The molecule has 0 aliphatic carbocycles. The third-order valence-electron chi connectivity index (χ3n) is 7.06. The largest absolute Gasteiger partial charge is 0.481 e. The van der Waals surface area contributed by atoms with E-state index >= 15 is 0 Å². The van der Waals surface area contributed by atoms with E-state index in [0.29, 0.717) is 19.3 Å². The topological polar surface area (TPSA) is 112 Å². The highest BCUT2D eigenvalue weighted by atomic mass is 16.4. The van der Waals surface area contributed by atoms with Crippen LogP contribution in [0.5, 0.6) is 0 Å². The molecule has 0 aliphatic heterocycles. The number of hydrogen-bond acceptors (Lipinski definition) is 3. The number of nitrogens with zero attached hydrogens (tertiary/aromatic N) is 1. The predicted molar refractivity (Wildman–Crippen MR) is 141 cm³/mol. The maximum atomic E-state index is 10.9. The molecule has 0 amide bonds. The number of rotatable bonds is 27. The molecule has 7 nitrogen and oxygen atoms in total. The Hall–Kier alpha value is -1.63. The fourth-order valence-corrected chi connectivity index (χ4v) is 4.95. The molecule has 0 fully saturated rings. The Labute approximate surface area is 213 Å². The molecule has 0 spiro atoms. The SMILES string of the molecule is CCCCCCCCCCCCC[N+](CCCCC(=O)O)(CCCCC(=O)O)CCCCC(=O)O. The zero-order valence-electron chi connectivity index (χ0n) is 22.5. The Morgan fingerprint density at radius 1 is 0.429 bits per heavy atom. The molecule has 0 rings (SSSR count). The Morgan fingerprint density at radius 2 is 0.686 bits per heavy atom. The lowest BCUT2D eigenvalue weighted by molar-refractivity contribution is -0.929. The summed E-state index contributed by atoms with van der Waals surface area (Å²) < 4.78 is 0.871. The van der Waals surface area contributed by atoms with E-state index in [1.807, 2.05) is 0 Å². The van der Waals surface area contributed by atoms with Crippen LogP contribution in [-0.4, -0.2) is 63.9 Å². The van der Waals surface area contributed by atoms with Crippen LogP contribution in [0.3, 0.4) is 0 Å². The smallest absolute Gasteiger partial charge is 0.303 e. The summed E-state index contributed by atoms with van der Waals surface area (Å²) >= 11 is 0. The average molecular weight is 501 g/mol. The Balaban J connectivity index is 4.67. The van der Waals surface area contributed by atoms with Gasteiger partial charge in [0.1, 0.15) is 0 Å². The van der Waals surface area contributed by atoms with Crippen molar-refractivity contribution in [2.24, 2.45) is 0 Å². The van der Waals surface area contributed by atoms with Crippen LogP contribution in [0.4, 0.5) is 0 Å². The lowest BCUT2D eigenvalue weighted by Gasteiger charge is -2.39. The molecule has 0 saturated heterocycles. The van der Waals surface area contributed by atoms with E-state index in [-0.39, 0.29) is 19.3 Å². The van der Waals surface area contributed by atoms with Crippen molar-refractivity contribution in [2.75, 3.05) is 26.2 Å². The molecule has 0 bridgehead atoms. The highest BCUT2D eigenvalue weighted by Gasteiger charge is 2.26. The average Bonchev–Trinajstić information content (AvgIpc) is 2.80. The van der Waals surface area contributed by atoms with Crippen LogP contribution < -0.4 is 0 Å². The molecule has 0 aromatic heterocycles. The molecular formula is C28H54NO6+. The minimum Gasteiger partial charge on any atom is -0.481 e. The van der Waals surface area contributed by atoms with Gasteiger partial charge in [-0.25, -0.2) is 0 Å². The molecular weight excluding hydrogens is 446 g/mol. The second-order valence-electron chi connectivity index (χ2n) is 10.3. The third-order valence-corrected chi connectivity index (χ3v) is 7.06. The summed E-state index contributed by atoms with van der Waals surface area (Å²) in [5.74, 6) is -2.30. The maximum Gasteiger partial charge on any atom is 0.303 e. The van der Waals surface area contributed by atoms with Crippen molar-refractivity contribution in [3.63, 3.8) is 0 Å². The lowest BCUT2D eigenvalue weighted by Crippen LogP contribution is -2.51. The van der Waals surface area contributed by atoms with Crippen molar-refractivity contribution < 1.29 is 34.2 Å². The number of unbranched alkanes of at least 4 members (excludes halogenated alkanes) is 13. The summed E-state index contributed by atoms with van der Waals surface area (Å²) in [7, 11) is 0. The standard InChI is InChI=1S/C28H53NO6/c1-2-3-4-5-6-7-8-9-10-11-15-22-29(23-16-12-19-26(30)31,24-17-13-20-27(32)33)25-18-14-21-28(34)35/h2-25H2,1H3,(H2-,30,31,32,33,34,35)/p+1. The maximum absolute atomic E-state index is 10.9. The van der Waals surface area contributed by atoms with Crippen LogP contribution in [0, 0.1) is 0 Å². The fourth-order valence-electron chi connectivity index (χ4n) is 4.95. The molecule has 3 N–H and O–H groups in total. The van der Waals surface area contributed by atoms with Gasteiger partial charge in [-0.2, -0.15) is 0 Å². The first kappa shape index (κ1) is 33.4. The summed E-state index contributed by atoms with van der Waals surface area (Å²) in [4.78, 5) is 32.8. The molecule has 7 heteroatoms. The summed E-state index contributed by atoms with van der Waals surface area (Å²) in [6.07, 6.45) is 19.2. The van der Waals surface area contributed by atoms with Gasteiger partial charge in [-0.3, -0.25) is 14.4 Å². The van der Waals surface area contributed by atoms with Crippen LogP contribution >= 0.6 is 0 Å². The van der Waals surface area contributed by atoms with E-state index in [1.54, 1.807) is 0 Å². The van der Waals surface area contributed by atoms with Gasteiger partial charge in [0, 0.05) is 19.3 Å². The van der Waals surface area contributed by atoms with Crippen LogP contribution in [0.1, 0.15) is 135 Å². The summed E-state index contributed by atoms with van der Waals surface area (Å²) in [6.45, 7) is 5.95. The first-order valence-electron chi connectivity index (χ1n) is 14.3. The molecule has 0 heterocycles. The molecule has 0 aromatic rings. The normalized spacial score (nSPS) is 11.6. The van der Waals surface area contributed by atoms with Gasteiger partial charge < -0.3 is 19.8 Å². The van der Waals surface area contributed by atoms with Gasteiger partial charge in [0.25, 0.3) is 0 Å². The van der Waals surface area contributed by atoms with Crippen molar-refractivity contribution in [3.05, 3.63) is 0 Å². The van der Waals surface area contributed by atoms with Crippen LogP contribution in [0.15, 0.2) is 0 Å². The van der Waals surface area contributed by atoms with Crippen molar-refractivity contribution in [2.45, 2.75) is 135 Å². The molecule has 35 heavy (non-hydrogen) atoms. The van der Waals surface area contributed by atoms with Gasteiger partial charge in [0.05, 0.1) is 26.2 Å². The van der Waals surface area contributed by atoms with E-state index in [0.717, 1.165) is 56.3 Å². The van der Waals surface area contributed by atoms with Gasteiger partial charge in [-0.15, -0.1) is 0 Å². The Kier molecular flexibility index (Phi) is 21.7. The number of hydrogen-bond donors (Lipinski definition) is 3. The molecule has 0 radical (unpaired) electrons. The molecule has 0 unspecified atom stereocenters. The molecule has 0 aromatic carbocycles. The first-order chi connectivity index (χ1) is 16.8. The van der Waals surface area contributed by atoms with Crippen molar-refractivity contribution in [1.29, 1.82) is 0 Å². The van der Waals surface area contributed by atoms with Gasteiger partial charge >= 0.3 is 17.9 Å². The van der Waals surface area contributed by atoms with Crippen LogP contribution in [-0.2, 0) is 14.4 Å². The number of quaternary nitrogens is 1. The third kappa shape index (κ3) is 22.6. The minimum absolute atomic E-state index is 0.177. The van der Waals surface area contributed by atoms with Crippen LogP contribution in [0.2, 0.25) is 0 Å². The van der Waals surface area contributed by atoms with Gasteiger partial charge in [0.2, 0.25) is 0 Å². The quantitative estimate of drug-likeness (QED) is 0.0837. The number of aliphatic carboxylic acids is 3. The Morgan fingerprint density at radius 3 is 0.971 bits per heavy atom. The highest BCUT2D eigenvalue weighted by Crippen LogP contribution is 2.19. The number of carboxylic acid groups (broad SMARTS) is 3. The summed E-state index contributed by atoms with van der Waals surface area (Å²) in [5, 5.41) is 27.0. The lowest BCUT2D eigenvalue weighted by atomic mass is 10.0. The van der Waals surface area contributed by atoms with E-state index in [4.69, 9.17) is 15.3 Å². The van der Waals surface area contributed by atoms with E-state index in [9.17, 15) is 14.4 Å². The molecule has 206 valence electrons. The summed E-state index contributed by atoms with van der Waals surface area (Å²) in [6, 6.07) is 0. The van der Waals surface area contributed by atoms with Gasteiger partial charge in [0.15, 0.2) is 0 Å². The predicted octanol–water partition coefficient (Wildman–Crippen LogP) is 6.88. The zero-order chi connectivity index (χ0) is 26.2. The van der Waals surface area contributed by atoms with Crippen LogP contribution in [0.25, 0.3) is 0 Å². The second-order valence-corrected chi connectivity index (χ2v) is 10.3. The number of carboxylic acids is 3. The van der Waals surface area contributed by atoms with Crippen molar-refractivity contribution in [1.82, 2.24) is 0 Å². The first-order valence-corrected chi connectivity index (χ1v) is 14.3. The van der Waals surface area contributed by atoms with Gasteiger partial charge in [-0.1, -0.05) is 64.7 Å². The van der Waals surface area contributed by atoms with Crippen molar-refractivity contribution >= 4 is 17.9 Å². The van der Waals surface area contributed by atoms with E-state index in [2.05, 4.69) is 6.92 Å². The Bertz CT molecular complexity index is 497.